The van der Waals surface area contributed by atoms with Gasteiger partial charge in [0, 0.05) is 29.8 Å². The molecule has 4 aromatic rings. The molecule has 1 aromatic heterocycles. The molecule has 0 bridgehead atoms. The monoisotopic (exact) mass is 477 g/mol. The van der Waals surface area contributed by atoms with Crippen LogP contribution in [0.2, 0.25) is 0 Å². The van der Waals surface area contributed by atoms with Crippen molar-refractivity contribution >= 4 is 21.2 Å². The van der Waals surface area contributed by atoms with Gasteiger partial charge in [-0.15, -0.1) is 0 Å². The molecule has 6 nitrogen and oxygen atoms in total. The molecule has 0 radical (unpaired) electrons. The first-order valence-electron chi connectivity index (χ1n) is 9.92. The average Bonchev–Trinajstić information content (AvgIpc) is 2.82. The van der Waals surface area contributed by atoms with Gasteiger partial charge in [-0.2, -0.15) is 5.26 Å². The number of aromatic nitrogens is 1. The van der Waals surface area contributed by atoms with Gasteiger partial charge in [0.2, 0.25) is 0 Å². The molecule has 0 unspecified atom stereocenters. The van der Waals surface area contributed by atoms with Crippen LogP contribution >= 0.6 is 0 Å². The van der Waals surface area contributed by atoms with Crippen LogP contribution in [0.1, 0.15) is 5.56 Å². The molecule has 0 fully saturated rings. The van der Waals surface area contributed by atoms with E-state index < -0.39 is 21.5 Å². The van der Waals surface area contributed by atoms with E-state index in [0.29, 0.717) is 39.6 Å². The van der Waals surface area contributed by atoms with Crippen molar-refractivity contribution < 1.29 is 21.9 Å². The fourth-order valence-electron chi connectivity index (χ4n) is 3.17. The van der Waals surface area contributed by atoms with E-state index in [-0.39, 0.29) is 4.90 Å². The highest BCUT2D eigenvalue weighted by Crippen LogP contribution is 2.30. The minimum Gasteiger partial charge on any atom is -0.456 e. The predicted molar refractivity (Wildman–Crippen MR) is 124 cm³/mol. The molecule has 0 aliphatic rings. The summed E-state index contributed by atoms with van der Waals surface area (Å²) in [7, 11) is -3.30. The second kappa shape index (κ2) is 9.29. The minimum atomic E-state index is -3.30. The lowest BCUT2D eigenvalue weighted by Gasteiger charge is -2.12. The number of hydrogen-bond donors (Lipinski definition) is 1. The largest absolute Gasteiger partial charge is 0.456 e. The third-order valence-electron chi connectivity index (χ3n) is 4.87. The maximum absolute atomic E-state index is 13.6. The van der Waals surface area contributed by atoms with Crippen molar-refractivity contribution in [1.82, 2.24) is 4.98 Å². The molecule has 0 aliphatic carbocycles. The summed E-state index contributed by atoms with van der Waals surface area (Å²) < 4.78 is 55.8. The smallest absolute Gasteiger partial charge is 0.175 e. The average molecular weight is 477 g/mol. The van der Waals surface area contributed by atoms with Gasteiger partial charge in [-0.3, -0.25) is 4.98 Å². The number of benzene rings is 3. The molecular formula is C25H17F2N3O3S. The van der Waals surface area contributed by atoms with Crippen LogP contribution in [0, 0.1) is 23.0 Å². The Morgan fingerprint density at radius 3 is 2.32 bits per heavy atom. The van der Waals surface area contributed by atoms with Gasteiger partial charge in [-0.05, 0) is 60.2 Å². The second-order valence-electron chi connectivity index (χ2n) is 7.38. The topological polar surface area (TPSA) is 92.1 Å². The molecular weight excluding hydrogens is 460 g/mol. The van der Waals surface area contributed by atoms with Gasteiger partial charge >= 0.3 is 0 Å². The van der Waals surface area contributed by atoms with Gasteiger partial charge in [-0.25, -0.2) is 17.2 Å². The van der Waals surface area contributed by atoms with Crippen LogP contribution in [0.5, 0.6) is 11.5 Å². The number of nitrogens with zero attached hydrogens (tertiary/aromatic N) is 2. The fraction of sp³-hybridized carbons (Fsp3) is 0.0400. The first-order valence-corrected chi connectivity index (χ1v) is 11.8. The molecule has 0 saturated carbocycles. The Hall–Kier alpha value is -4.29. The summed E-state index contributed by atoms with van der Waals surface area (Å²) in [5, 5.41) is 12.7. The summed E-state index contributed by atoms with van der Waals surface area (Å²) in [6.07, 6.45) is 4.10. The van der Waals surface area contributed by atoms with Crippen LogP contribution in [0.15, 0.2) is 84.0 Å². The van der Waals surface area contributed by atoms with E-state index in [1.807, 2.05) is 0 Å². The highest BCUT2D eigenvalue weighted by molar-refractivity contribution is 7.90. The van der Waals surface area contributed by atoms with E-state index in [1.165, 1.54) is 36.7 Å². The van der Waals surface area contributed by atoms with Gasteiger partial charge in [0.15, 0.2) is 21.5 Å². The maximum atomic E-state index is 13.6. The Labute approximate surface area is 195 Å². The van der Waals surface area contributed by atoms with Crippen LogP contribution in [0.3, 0.4) is 0 Å². The summed E-state index contributed by atoms with van der Waals surface area (Å²) >= 11 is 0. The number of pyridine rings is 1. The van der Waals surface area contributed by atoms with Crippen molar-refractivity contribution in [3.05, 3.63) is 96.3 Å². The fourth-order valence-corrected chi connectivity index (χ4v) is 3.80. The van der Waals surface area contributed by atoms with Crippen molar-refractivity contribution in [3.8, 4) is 28.7 Å². The third-order valence-corrected chi connectivity index (χ3v) is 6.00. The van der Waals surface area contributed by atoms with Crippen LogP contribution in [-0.2, 0) is 9.84 Å². The van der Waals surface area contributed by atoms with E-state index in [2.05, 4.69) is 16.4 Å². The molecule has 1 N–H and O–H groups in total. The van der Waals surface area contributed by atoms with Crippen molar-refractivity contribution in [2.24, 2.45) is 0 Å². The summed E-state index contributed by atoms with van der Waals surface area (Å²) in [6.45, 7) is 0. The number of ether oxygens (including phenoxy) is 1. The molecule has 34 heavy (non-hydrogen) atoms. The normalized spacial score (nSPS) is 11.0. The van der Waals surface area contributed by atoms with E-state index in [9.17, 15) is 22.5 Å². The third kappa shape index (κ3) is 5.19. The maximum Gasteiger partial charge on any atom is 0.175 e. The number of nitrogens with one attached hydrogen (secondary N) is 1. The van der Waals surface area contributed by atoms with Crippen LogP contribution in [-0.4, -0.2) is 19.7 Å². The van der Waals surface area contributed by atoms with E-state index in [4.69, 9.17) is 4.74 Å². The Bertz CT molecular complexity index is 1520. The summed E-state index contributed by atoms with van der Waals surface area (Å²) in [4.78, 5) is 4.28. The lowest BCUT2D eigenvalue weighted by molar-refractivity contribution is 0.480. The number of hydrogen-bond acceptors (Lipinski definition) is 6. The van der Waals surface area contributed by atoms with Crippen LogP contribution in [0.4, 0.5) is 20.2 Å². The number of anilines is 2. The van der Waals surface area contributed by atoms with Crippen molar-refractivity contribution in [1.29, 1.82) is 5.26 Å². The Morgan fingerprint density at radius 2 is 1.65 bits per heavy atom. The van der Waals surface area contributed by atoms with Gasteiger partial charge < -0.3 is 10.1 Å². The zero-order chi connectivity index (χ0) is 24.3. The molecule has 1 heterocycles. The highest BCUT2D eigenvalue weighted by atomic mass is 32.2. The van der Waals surface area contributed by atoms with Crippen molar-refractivity contribution in [3.63, 3.8) is 0 Å². The molecule has 0 spiro atoms. The highest BCUT2D eigenvalue weighted by Gasteiger charge is 2.10. The SMILES string of the molecule is CS(=O)(=O)c1ccc(Nc2ccc(Oc3cncc(-c4ccc(F)c(F)c4)c3)cc2C#N)cc1. The lowest BCUT2D eigenvalue weighted by atomic mass is 10.1. The summed E-state index contributed by atoms with van der Waals surface area (Å²) in [5.74, 6) is -1.17. The molecule has 0 atom stereocenters. The standard InChI is InChI=1S/C25H17F2N3O3S/c1-34(31,32)22-6-3-19(4-7-22)30-25-9-5-20(10-17(25)13-28)33-21-11-18(14-29-15-21)16-2-8-23(26)24(27)12-16/h2-12,14-15,30H,1H3. The molecule has 0 aliphatic heterocycles. The van der Waals surface area contributed by atoms with Crippen molar-refractivity contribution in [2.75, 3.05) is 11.6 Å². The van der Waals surface area contributed by atoms with E-state index in [1.54, 1.807) is 30.3 Å². The first kappa shape index (κ1) is 22.9. The summed E-state index contributed by atoms with van der Waals surface area (Å²) in [6, 6.07) is 18.3. The number of rotatable bonds is 6. The zero-order valence-corrected chi connectivity index (χ0v) is 18.6. The lowest BCUT2D eigenvalue weighted by Crippen LogP contribution is -1.98. The Morgan fingerprint density at radius 1 is 0.882 bits per heavy atom. The Kier molecular flexibility index (Phi) is 6.25. The molecule has 0 saturated heterocycles. The van der Waals surface area contributed by atoms with E-state index in [0.717, 1.165) is 18.4 Å². The Balaban J connectivity index is 1.54. The minimum absolute atomic E-state index is 0.196. The zero-order valence-electron chi connectivity index (χ0n) is 17.8. The van der Waals surface area contributed by atoms with Crippen LogP contribution in [0.25, 0.3) is 11.1 Å². The molecule has 9 heteroatoms. The molecule has 4 rings (SSSR count). The van der Waals surface area contributed by atoms with E-state index >= 15 is 0 Å². The van der Waals surface area contributed by atoms with Gasteiger partial charge in [0.25, 0.3) is 0 Å². The molecule has 170 valence electrons. The van der Waals surface area contributed by atoms with Crippen molar-refractivity contribution in [2.45, 2.75) is 4.90 Å². The molecule has 3 aromatic carbocycles. The first-order chi connectivity index (χ1) is 16.2. The number of nitriles is 1. The molecule has 0 amide bonds. The quantitative estimate of drug-likeness (QED) is 0.375. The second-order valence-corrected chi connectivity index (χ2v) is 9.40. The van der Waals surface area contributed by atoms with Crippen LogP contribution < -0.4 is 10.1 Å². The predicted octanol–water partition coefficient (Wildman–Crippen LogP) is 5.84. The summed E-state index contributed by atoms with van der Waals surface area (Å²) in [5.41, 5.74) is 2.40. The van der Waals surface area contributed by atoms with Gasteiger partial charge in [-0.1, -0.05) is 6.07 Å². The van der Waals surface area contributed by atoms with Gasteiger partial charge in [0.05, 0.1) is 22.3 Å². The number of halogens is 2. The number of sulfone groups is 1. The van der Waals surface area contributed by atoms with Gasteiger partial charge in [0.1, 0.15) is 17.6 Å².